The van der Waals surface area contributed by atoms with Crippen LogP contribution in [0.1, 0.15) is 53.9 Å². The summed E-state index contributed by atoms with van der Waals surface area (Å²) in [6.45, 7) is 11.4. The highest BCUT2D eigenvalue weighted by atomic mass is 15.5. The van der Waals surface area contributed by atoms with Crippen molar-refractivity contribution < 1.29 is 0 Å². The van der Waals surface area contributed by atoms with Crippen LogP contribution in [0.2, 0.25) is 0 Å². The Morgan fingerprint density at radius 3 is 2.21 bits per heavy atom. The van der Waals surface area contributed by atoms with Crippen LogP contribution in [0.25, 0.3) is 0 Å². The topological polar surface area (TPSA) is 15.6 Å². The van der Waals surface area contributed by atoms with Crippen LogP contribution in [0, 0.1) is 5.41 Å². The molecule has 0 amide bonds. The summed E-state index contributed by atoms with van der Waals surface area (Å²) in [7, 11) is 2.11. The van der Waals surface area contributed by atoms with E-state index in [2.05, 4.69) is 51.8 Å². The van der Waals surface area contributed by atoms with E-state index in [4.69, 9.17) is 0 Å². The average molecular weight is 196 g/mol. The lowest BCUT2D eigenvalue weighted by atomic mass is 9.66. The molecule has 0 bridgehead atoms. The molecule has 0 N–H and O–H groups in total. The lowest BCUT2D eigenvalue weighted by molar-refractivity contribution is 0.0176. The highest BCUT2D eigenvalue weighted by molar-refractivity contribution is 5.84. The molecule has 0 fully saturated rings. The average Bonchev–Trinajstić information content (AvgIpc) is 2.40. The lowest BCUT2D eigenvalue weighted by Gasteiger charge is -2.47. The number of nitrogens with zero attached hydrogens (tertiary/aromatic N) is 2. The van der Waals surface area contributed by atoms with Crippen molar-refractivity contribution in [2.24, 2.45) is 10.5 Å². The van der Waals surface area contributed by atoms with Crippen LogP contribution in [-0.4, -0.2) is 23.3 Å². The predicted octanol–water partition coefficient (Wildman–Crippen LogP) is 3.28. The van der Waals surface area contributed by atoms with Crippen molar-refractivity contribution in [3.63, 3.8) is 0 Å². The fourth-order valence-electron chi connectivity index (χ4n) is 2.63. The van der Waals surface area contributed by atoms with Crippen molar-refractivity contribution in [3.05, 3.63) is 0 Å². The standard InChI is InChI=1S/C12H24N2/c1-7-11(4,8-2)12(5)9-10(3)13-14(12)6/h7-9H2,1-6H3. The van der Waals surface area contributed by atoms with Crippen LogP contribution in [0.5, 0.6) is 0 Å². The van der Waals surface area contributed by atoms with Gasteiger partial charge in [0.25, 0.3) is 0 Å². The molecule has 1 unspecified atom stereocenters. The largest absolute Gasteiger partial charge is 0.293 e. The Labute approximate surface area is 88.4 Å². The first kappa shape index (κ1) is 11.5. The Bertz CT molecular complexity index is 241. The van der Waals surface area contributed by atoms with Crippen LogP contribution < -0.4 is 0 Å². The van der Waals surface area contributed by atoms with Gasteiger partial charge in [-0.05, 0) is 32.1 Å². The summed E-state index contributed by atoms with van der Waals surface area (Å²) in [5, 5.41) is 6.73. The van der Waals surface area contributed by atoms with Crippen molar-refractivity contribution in [1.29, 1.82) is 0 Å². The van der Waals surface area contributed by atoms with Crippen LogP contribution >= 0.6 is 0 Å². The number of hydrogen-bond donors (Lipinski definition) is 0. The number of rotatable bonds is 3. The maximum Gasteiger partial charge on any atom is 0.0653 e. The van der Waals surface area contributed by atoms with Gasteiger partial charge in [-0.15, -0.1) is 0 Å². The second-order valence-electron chi connectivity index (χ2n) is 5.08. The molecule has 0 aliphatic carbocycles. The third kappa shape index (κ3) is 1.45. The zero-order valence-corrected chi connectivity index (χ0v) is 10.5. The van der Waals surface area contributed by atoms with Crippen LogP contribution in [-0.2, 0) is 0 Å². The SMILES string of the molecule is CCC(C)(CC)C1(C)CC(C)=NN1C. The molecule has 14 heavy (non-hydrogen) atoms. The van der Waals surface area contributed by atoms with Crippen LogP contribution in [0.3, 0.4) is 0 Å². The van der Waals surface area contributed by atoms with Gasteiger partial charge >= 0.3 is 0 Å². The Morgan fingerprint density at radius 1 is 1.43 bits per heavy atom. The quantitative estimate of drug-likeness (QED) is 0.676. The van der Waals surface area contributed by atoms with Crippen molar-refractivity contribution in [3.8, 4) is 0 Å². The molecule has 82 valence electrons. The third-order valence-corrected chi connectivity index (χ3v) is 4.50. The smallest absolute Gasteiger partial charge is 0.0653 e. The molecule has 1 aliphatic rings. The van der Waals surface area contributed by atoms with Gasteiger partial charge in [0, 0.05) is 19.2 Å². The summed E-state index contributed by atoms with van der Waals surface area (Å²) in [5.41, 5.74) is 1.84. The molecule has 0 spiro atoms. The van der Waals surface area contributed by atoms with Gasteiger partial charge in [0.15, 0.2) is 0 Å². The predicted molar refractivity (Wildman–Crippen MR) is 62.6 cm³/mol. The highest BCUT2D eigenvalue weighted by Gasteiger charge is 2.47. The zero-order chi connectivity index (χ0) is 11.0. The van der Waals surface area contributed by atoms with Gasteiger partial charge in [-0.3, -0.25) is 5.01 Å². The lowest BCUT2D eigenvalue weighted by Crippen LogP contribution is -2.51. The molecule has 0 saturated carbocycles. The maximum atomic E-state index is 4.55. The zero-order valence-electron chi connectivity index (χ0n) is 10.5. The van der Waals surface area contributed by atoms with Gasteiger partial charge < -0.3 is 0 Å². The molecule has 0 aromatic heterocycles. The van der Waals surface area contributed by atoms with Gasteiger partial charge in [0.1, 0.15) is 0 Å². The molecule has 2 nitrogen and oxygen atoms in total. The molecule has 1 rings (SSSR count). The molecule has 2 heteroatoms. The van der Waals surface area contributed by atoms with Gasteiger partial charge in [-0.2, -0.15) is 5.10 Å². The van der Waals surface area contributed by atoms with E-state index in [1.54, 1.807) is 0 Å². The summed E-state index contributed by atoms with van der Waals surface area (Å²) < 4.78 is 0. The Hall–Kier alpha value is -0.530. The van der Waals surface area contributed by atoms with E-state index in [1.165, 1.54) is 18.6 Å². The maximum absolute atomic E-state index is 4.55. The summed E-state index contributed by atoms with van der Waals surface area (Å²) in [5.74, 6) is 0. The Balaban J connectivity index is 2.97. The first-order chi connectivity index (χ1) is 6.39. The van der Waals surface area contributed by atoms with Crippen LogP contribution in [0.15, 0.2) is 5.10 Å². The van der Waals surface area contributed by atoms with E-state index in [0.717, 1.165) is 6.42 Å². The second kappa shape index (κ2) is 3.56. The van der Waals surface area contributed by atoms with Gasteiger partial charge in [0.05, 0.1) is 5.54 Å². The molecule has 0 radical (unpaired) electrons. The van der Waals surface area contributed by atoms with E-state index in [-0.39, 0.29) is 5.54 Å². The fraction of sp³-hybridized carbons (Fsp3) is 0.917. The van der Waals surface area contributed by atoms with Crippen molar-refractivity contribution in [1.82, 2.24) is 5.01 Å². The molecule has 1 heterocycles. The van der Waals surface area contributed by atoms with E-state index in [1.807, 2.05) is 0 Å². The minimum absolute atomic E-state index is 0.209. The van der Waals surface area contributed by atoms with Crippen molar-refractivity contribution in [2.45, 2.75) is 59.4 Å². The number of hydrazone groups is 1. The summed E-state index contributed by atoms with van der Waals surface area (Å²) in [6.07, 6.45) is 3.54. The normalized spacial score (nSPS) is 28.1. The number of hydrogen-bond acceptors (Lipinski definition) is 2. The molecule has 1 atom stereocenters. The third-order valence-electron chi connectivity index (χ3n) is 4.50. The minimum Gasteiger partial charge on any atom is -0.293 e. The van der Waals surface area contributed by atoms with E-state index >= 15 is 0 Å². The minimum atomic E-state index is 0.209. The summed E-state index contributed by atoms with van der Waals surface area (Å²) in [6, 6.07) is 0. The van der Waals surface area contributed by atoms with Crippen molar-refractivity contribution >= 4 is 5.71 Å². The summed E-state index contributed by atoms with van der Waals surface area (Å²) >= 11 is 0. The van der Waals surface area contributed by atoms with Gasteiger partial charge in [0.2, 0.25) is 0 Å². The molecule has 1 aliphatic heterocycles. The Morgan fingerprint density at radius 2 is 1.93 bits per heavy atom. The Kier molecular flexibility index (Phi) is 2.93. The second-order valence-corrected chi connectivity index (χ2v) is 5.08. The highest BCUT2D eigenvalue weighted by Crippen LogP contribution is 2.46. The first-order valence-electron chi connectivity index (χ1n) is 5.67. The van der Waals surface area contributed by atoms with E-state index in [9.17, 15) is 0 Å². The molecular formula is C12H24N2. The van der Waals surface area contributed by atoms with E-state index in [0.29, 0.717) is 5.41 Å². The first-order valence-corrected chi connectivity index (χ1v) is 5.67. The van der Waals surface area contributed by atoms with Gasteiger partial charge in [-0.1, -0.05) is 20.8 Å². The summed E-state index contributed by atoms with van der Waals surface area (Å²) in [4.78, 5) is 0. The van der Waals surface area contributed by atoms with Crippen molar-refractivity contribution in [2.75, 3.05) is 7.05 Å². The molecule has 0 aromatic carbocycles. The molecule has 0 saturated heterocycles. The van der Waals surface area contributed by atoms with Gasteiger partial charge in [-0.25, -0.2) is 0 Å². The fourth-order valence-corrected chi connectivity index (χ4v) is 2.63. The van der Waals surface area contributed by atoms with Crippen LogP contribution in [0.4, 0.5) is 0 Å². The molecular weight excluding hydrogens is 172 g/mol. The van der Waals surface area contributed by atoms with E-state index < -0.39 is 0 Å². The monoisotopic (exact) mass is 196 g/mol. The molecule has 0 aromatic rings.